The number of nitro benzene ring substituents is 1. The van der Waals surface area contributed by atoms with Crippen molar-refractivity contribution in [3.63, 3.8) is 0 Å². The number of nitrogens with zero attached hydrogens (tertiary/aromatic N) is 1. The molecule has 5 nitrogen and oxygen atoms in total. The Hall–Kier alpha value is -2.69. The highest BCUT2D eigenvalue weighted by atomic mass is 16.6. The van der Waals surface area contributed by atoms with Crippen LogP contribution in [0.15, 0.2) is 48.5 Å². The zero-order valence-electron chi connectivity index (χ0n) is 11.8. The van der Waals surface area contributed by atoms with Crippen molar-refractivity contribution in [2.75, 3.05) is 0 Å². The minimum atomic E-state index is -0.713. The number of ether oxygens (including phenoxy) is 1. The van der Waals surface area contributed by atoms with E-state index in [2.05, 4.69) is 0 Å². The van der Waals surface area contributed by atoms with Crippen LogP contribution in [0.1, 0.15) is 22.8 Å². The molecule has 0 saturated heterocycles. The molecule has 0 aliphatic carbocycles. The van der Waals surface area contributed by atoms with Gasteiger partial charge in [0.05, 0.1) is 11.0 Å². The summed E-state index contributed by atoms with van der Waals surface area (Å²) in [6.07, 6.45) is -0.713. The van der Waals surface area contributed by atoms with E-state index >= 15 is 0 Å². The van der Waals surface area contributed by atoms with Crippen LogP contribution in [0.5, 0.6) is 5.75 Å². The van der Waals surface area contributed by atoms with E-state index in [-0.39, 0.29) is 11.5 Å². The van der Waals surface area contributed by atoms with Crippen LogP contribution in [0.3, 0.4) is 0 Å². The predicted molar refractivity (Wildman–Crippen MR) is 78.7 cm³/mol. The molecule has 2 aromatic carbocycles. The lowest BCUT2D eigenvalue weighted by Gasteiger charge is -2.13. The van der Waals surface area contributed by atoms with E-state index in [1.807, 2.05) is 19.1 Å². The summed E-state index contributed by atoms with van der Waals surface area (Å²) in [5.74, 6) is 0.138. The minimum Gasteiger partial charge on any atom is -0.482 e. The smallest absolute Gasteiger partial charge is 0.273 e. The van der Waals surface area contributed by atoms with Crippen LogP contribution in [0.2, 0.25) is 0 Å². The van der Waals surface area contributed by atoms with Crippen LogP contribution in [0.25, 0.3) is 0 Å². The molecule has 5 heteroatoms. The summed E-state index contributed by atoms with van der Waals surface area (Å²) >= 11 is 0. The molecule has 0 amide bonds. The Kier molecular flexibility index (Phi) is 4.33. The van der Waals surface area contributed by atoms with Crippen molar-refractivity contribution < 1.29 is 14.5 Å². The van der Waals surface area contributed by atoms with Crippen LogP contribution in [-0.4, -0.2) is 16.8 Å². The number of rotatable bonds is 5. The van der Waals surface area contributed by atoms with E-state index in [0.29, 0.717) is 11.3 Å². The van der Waals surface area contributed by atoms with Gasteiger partial charge in [-0.15, -0.1) is 0 Å². The zero-order chi connectivity index (χ0) is 15.4. The number of hydrogen-bond acceptors (Lipinski definition) is 4. The van der Waals surface area contributed by atoms with Crippen LogP contribution < -0.4 is 4.74 Å². The summed E-state index contributed by atoms with van der Waals surface area (Å²) in [6, 6.07) is 13.0. The van der Waals surface area contributed by atoms with Gasteiger partial charge in [0.25, 0.3) is 5.69 Å². The Bertz CT molecular complexity index is 664. The molecule has 21 heavy (non-hydrogen) atoms. The van der Waals surface area contributed by atoms with E-state index in [0.717, 1.165) is 5.56 Å². The van der Waals surface area contributed by atoms with Crippen molar-refractivity contribution in [3.8, 4) is 5.75 Å². The van der Waals surface area contributed by atoms with Gasteiger partial charge in [0.2, 0.25) is 5.78 Å². The first-order chi connectivity index (χ1) is 9.97. The molecule has 2 aromatic rings. The Labute approximate surface area is 122 Å². The lowest BCUT2D eigenvalue weighted by Crippen LogP contribution is -2.23. The molecule has 0 aliphatic heterocycles. The van der Waals surface area contributed by atoms with Crippen LogP contribution >= 0.6 is 0 Å². The van der Waals surface area contributed by atoms with E-state index in [4.69, 9.17) is 4.74 Å². The maximum atomic E-state index is 12.2. The number of ketones is 1. The third-order valence-electron chi connectivity index (χ3n) is 3.05. The Morgan fingerprint density at radius 2 is 1.86 bits per heavy atom. The fourth-order valence-corrected chi connectivity index (χ4v) is 1.88. The van der Waals surface area contributed by atoms with Crippen molar-refractivity contribution in [2.24, 2.45) is 0 Å². The molecule has 0 radical (unpaired) electrons. The SMILES string of the molecule is Cc1ccc(C(=O)[C@@H](C)Oc2cccc([N+](=O)[O-])c2)cc1. The summed E-state index contributed by atoms with van der Waals surface area (Å²) in [7, 11) is 0. The number of non-ortho nitro benzene ring substituents is 1. The Balaban J connectivity index is 2.12. The minimum absolute atomic E-state index is 0.0671. The summed E-state index contributed by atoms with van der Waals surface area (Å²) < 4.78 is 5.50. The van der Waals surface area contributed by atoms with E-state index in [9.17, 15) is 14.9 Å². The van der Waals surface area contributed by atoms with Gasteiger partial charge in [-0.1, -0.05) is 35.9 Å². The molecule has 0 aliphatic rings. The molecule has 0 heterocycles. The van der Waals surface area contributed by atoms with Gasteiger partial charge in [0.15, 0.2) is 6.10 Å². The average molecular weight is 285 g/mol. The second kappa shape index (κ2) is 6.17. The highest BCUT2D eigenvalue weighted by Gasteiger charge is 2.17. The standard InChI is InChI=1S/C16H15NO4/c1-11-6-8-13(9-7-11)16(18)12(2)21-15-5-3-4-14(10-15)17(19)20/h3-10,12H,1-2H3/t12-/m1/s1. The number of hydrogen-bond donors (Lipinski definition) is 0. The van der Waals surface area contributed by atoms with Crippen molar-refractivity contribution in [3.05, 3.63) is 69.8 Å². The van der Waals surface area contributed by atoms with Gasteiger partial charge in [-0.3, -0.25) is 14.9 Å². The normalized spacial score (nSPS) is 11.7. The number of carbonyl (C=O) groups is 1. The number of Topliss-reactive ketones (excluding diaryl/α,β-unsaturated/α-hetero) is 1. The first-order valence-corrected chi connectivity index (χ1v) is 6.49. The predicted octanol–water partition coefficient (Wildman–Crippen LogP) is 3.55. The number of benzene rings is 2. The van der Waals surface area contributed by atoms with Gasteiger partial charge in [-0.05, 0) is 19.9 Å². The molecular formula is C16H15NO4. The fourth-order valence-electron chi connectivity index (χ4n) is 1.88. The average Bonchev–Trinajstić information content (AvgIpc) is 2.47. The quantitative estimate of drug-likeness (QED) is 0.478. The molecule has 1 atom stereocenters. The Morgan fingerprint density at radius 3 is 2.48 bits per heavy atom. The lowest BCUT2D eigenvalue weighted by atomic mass is 10.1. The van der Waals surface area contributed by atoms with Crippen molar-refractivity contribution in [2.45, 2.75) is 20.0 Å². The molecule has 0 unspecified atom stereocenters. The first-order valence-electron chi connectivity index (χ1n) is 6.49. The summed E-state index contributed by atoms with van der Waals surface area (Å²) in [6.45, 7) is 3.57. The van der Waals surface area contributed by atoms with Gasteiger partial charge in [0.1, 0.15) is 5.75 Å². The summed E-state index contributed by atoms with van der Waals surface area (Å²) in [5.41, 5.74) is 1.56. The van der Waals surface area contributed by atoms with Gasteiger partial charge in [-0.25, -0.2) is 0 Å². The zero-order valence-corrected chi connectivity index (χ0v) is 11.8. The largest absolute Gasteiger partial charge is 0.482 e. The molecule has 0 saturated carbocycles. The highest BCUT2D eigenvalue weighted by molar-refractivity contribution is 5.99. The number of aryl methyl sites for hydroxylation is 1. The number of nitro groups is 1. The van der Waals surface area contributed by atoms with Gasteiger partial charge >= 0.3 is 0 Å². The maximum Gasteiger partial charge on any atom is 0.273 e. The van der Waals surface area contributed by atoms with Crippen LogP contribution in [-0.2, 0) is 0 Å². The second-order valence-electron chi connectivity index (χ2n) is 4.74. The molecule has 0 N–H and O–H groups in total. The van der Waals surface area contributed by atoms with E-state index in [1.54, 1.807) is 25.1 Å². The summed E-state index contributed by atoms with van der Waals surface area (Å²) in [4.78, 5) is 22.4. The molecule has 0 fully saturated rings. The second-order valence-corrected chi connectivity index (χ2v) is 4.74. The van der Waals surface area contributed by atoms with Crippen molar-refractivity contribution in [1.29, 1.82) is 0 Å². The van der Waals surface area contributed by atoms with Gasteiger partial charge < -0.3 is 4.74 Å². The van der Waals surface area contributed by atoms with Crippen LogP contribution in [0, 0.1) is 17.0 Å². The fraction of sp³-hybridized carbons (Fsp3) is 0.188. The molecule has 2 rings (SSSR count). The van der Waals surface area contributed by atoms with Crippen LogP contribution in [0.4, 0.5) is 5.69 Å². The molecule has 0 aromatic heterocycles. The van der Waals surface area contributed by atoms with E-state index in [1.165, 1.54) is 18.2 Å². The molecule has 0 bridgehead atoms. The first kappa shape index (κ1) is 14.7. The lowest BCUT2D eigenvalue weighted by molar-refractivity contribution is -0.384. The highest BCUT2D eigenvalue weighted by Crippen LogP contribution is 2.21. The van der Waals surface area contributed by atoms with E-state index < -0.39 is 11.0 Å². The third kappa shape index (κ3) is 3.66. The topological polar surface area (TPSA) is 69.4 Å². The Morgan fingerprint density at radius 1 is 1.19 bits per heavy atom. The molecule has 108 valence electrons. The monoisotopic (exact) mass is 285 g/mol. The molecule has 0 spiro atoms. The summed E-state index contributed by atoms with van der Waals surface area (Å²) in [5, 5.41) is 10.7. The number of carbonyl (C=O) groups excluding carboxylic acids is 1. The molecular weight excluding hydrogens is 270 g/mol. The van der Waals surface area contributed by atoms with Gasteiger partial charge in [-0.2, -0.15) is 0 Å². The van der Waals surface area contributed by atoms with Crippen molar-refractivity contribution >= 4 is 11.5 Å². The van der Waals surface area contributed by atoms with Crippen molar-refractivity contribution in [1.82, 2.24) is 0 Å². The third-order valence-corrected chi connectivity index (χ3v) is 3.05. The van der Waals surface area contributed by atoms with Gasteiger partial charge in [0, 0.05) is 11.6 Å². The maximum absolute atomic E-state index is 12.2.